The third-order valence-corrected chi connectivity index (χ3v) is 4.99. The largest absolute Gasteiger partial charge is 0.497 e. The van der Waals surface area contributed by atoms with Gasteiger partial charge in [-0.2, -0.15) is 0 Å². The highest BCUT2D eigenvalue weighted by Crippen LogP contribution is 2.30. The summed E-state index contributed by atoms with van der Waals surface area (Å²) in [5.41, 5.74) is 1.29. The van der Waals surface area contributed by atoms with Gasteiger partial charge in [-0.3, -0.25) is 0 Å². The van der Waals surface area contributed by atoms with Gasteiger partial charge in [0, 0.05) is 17.5 Å². The fraction of sp³-hybridized carbons (Fsp3) is 0.438. The van der Waals surface area contributed by atoms with Gasteiger partial charge in [0.15, 0.2) is 0 Å². The van der Waals surface area contributed by atoms with Gasteiger partial charge in [0.25, 0.3) is 0 Å². The maximum atomic E-state index is 5.18. The molecule has 0 aliphatic carbocycles. The van der Waals surface area contributed by atoms with E-state index in [1.54, 1.807) is 7.11 Å². The van der Waals surface area contributed by atoms with Crippen LogP contribution in [0.3, 0.4) is 0 Å². The predicted molar refractivity (Wildman–Crippen MR) is 82.8 cm³/mol. The van der Waals surface area contributed by atoms with E-state index >= 15 is 0 Å². The zero-order chi connectivity index (χ0) is 13.8. The third-order valence-electron chi connectivity index (χ3n) is 3.83. The second-order valence-corrected chi connectivity index (χ2v) is 6.35. The lowest BCUT2D eigenvalue weighted by Crippen LogP contribution is -2.26. The van der Waals surface area contributed by atoms with Gasteiger partial charge in [-0.05, 0) is 49.5 Å². The van der Waals surface area contributed by atoms with E-state index in [-0.39, 0.29) is 0 Å². The van der Waals surface area contributed by atoms with E-state index in [4.69, 9.17) is 4.74 Å². The molecule has 4 heteroatoms. The number of nitrogens with zero attached hydrogens (tertiary/aromatic N) is 1. The lowest BCUT2D eigenvalue weighted by atomic mass is 9.97. The number of hydrogen-bond acceptors (Lipinski definition) is 4. The van der Waals surface area contributed by atoms with Crippen molar-refractivity contribution >= 4 is 11.3 Å². The highest BCUT2D eigenvalue weighted by atomic mass is 32.1. The first kappa shape index (κ1) is 13.6. The Morgan fingerprint density at radius 3 is 2.70 bits per heavy atom. The van der Waals surface area contributed by atoms with Crippen LogP contribution in [0.4, 0.5) is 0 Å². The monoisotopic (exact) mass is 288 g/mol. The van der Waals surface area contributed by atoms with Crippen molar-refractivity contribution in [2.75, 3.05) is 20.2 Å². The van der Waals surface area contributed by atoms with Crippen molar-refractivity contribution in [1.29, 1.82) is 0 Å². The van der Waals surface area contributed by atoms with E-state index in [1.807, 2.05) is 23.5 Å². The van der Waals surface area contributed by atoms with Crippen molar-refractivity contribution < 1.29 is 4.74 Å². The van der Waals surface area contributed by atoms with Gasteiger partial charge in [-0.25, -0.2) is 4.98 Å². The minimum atomic E-state index is 0.707. The van der Waals surface area contributed by atoms with Gasteiger partial charge in [-0.15, -0.1) is 11.3 Å². The summed E-state index contributed by atoms with van der Waals surface area (Å²) < 4.78 is 5.18. The molecule has 0 atom stereocenters. The number of nitrogens with one attached hydrogen (secondary N) is 1. The summed E-state index contributed by atoms with van der Waals surface area (Å²) in [6.07, 6.45) is 5.48. The molecule has 3 rings (SSSR count). The molecule has 1 aliphatic heterocycles. The minimum Gasteiger partial charge on any atom is -0.497 e. The zero-order valence-corrected chi connectivity index (χ0v) is 12.6. The van der Waals surface area contributed by atoms with Crippen LogP contribution in [0.25, 0.3) is 0 Å². The predicted octanol–water partition coefficient (Wildman–Crippen LogP) is 3.21. The molecule has 1 fully saturated rings. The van der Waals surface area contributed by atoms with Gasteiger partial charge >= 0.3 is 0 Å². The number of aromatic nitrogens is 1. The van der Waals surface area contributed by atoms with Crippen LogP contribution in [-0.2, 0) is 6.42 Å². The summed E-state index contributed by atoms with van der Waals surface area (Å²) in [5, 5.41) is 4.63. The zero-order valence-electron chi connectivity index (χ0n) is 11.8. The fourth-order valence-corrected chi connectivity index (χ4v) is 3.74. The van der Waals surface area contributed by atoms with Crippen molar-refractivity contribution in [3.8, 4) is 5.75 Å². The Morgan fingerprint density at radius 1 is 1.25 bits per heavy atom. The Balaban J connectivity index is 1.66. The molecule has 3 nitrogen and oxygen atoms in total. The average molecular weight is 288 g/mol. The van der Waals surface area contributed by atoms with E-state index in [0.717, 1.165) is 25.3 Å². The van der Waals surface area contributed by atoms with Gasteiger partial charge in [-0.1, -0.05) is 12.1 Å². The summed E-state index contributed by atoms with van der Waals surface area (Å²) in [5.74, 6) is 1.61. The minimum absolute atomic E-state index is 0.707. The lowest BCUT2D eigenvalue weighted by Gasteiger charge is -2.20. The molecule has 0 bridgehead atoms. The molecule has 2 aromatic rings. The van der Waals surface area contributed by atoms with Crippen LogP contribution in [-0.4, -0.2) is 25.2 Å². The van der Waals surface area contributed by atoms with Crippen LogP contribution < -0.4 is 10.1 Å². The van der Waals surface area contributed by atoms with E-state index in [9.17, 15) is 0 Å². The van der Waals surface area contributed by atoms with Crippen LogP contribution in [0.1, 0.15) is 34.2 Å². The van der Waals surface area contributed by atoms with E-state index in [0.29, 0.717) is 5.92 Å². The third kappa shape index (κ3) is 3.19. The van der Waals surface area contributed by atoms with Gasteiger partial charge in [0.05, 0.1) is 12.1 Å². The van der Waals surface area contributed by atoms with Gasteiger partial charge in [0.1, 0.15) is 5.75 Å². The molecule has 106 valence electrons. The molecule has 1 aromatic heterocycles. The highest BCUT2D eigenvalue weighted by Gasteiger charge is 2.17. The summed E-state index contributed by atoms with van der Waals surface area (Å²) >= 11 is 1.87. The molecule has 1 saturated heterocycles. The van der Waals surface area contributed by atoms with Gasteiger partial charge in [0.2, 0.25) is 0 Å². The average Bonchev–Trinajstić information content (AvgIpc) is 2.97. The molecule has 0 saturated carbocycles. The topological polar surface area (TPSA) is 34.1 Å². The SMILES string of the molecule is COc1ccc(Cc2ncc(C3CCNCC3)s2)cc1. The Morgan fingerprint density at radius 2 is 2.00 bits per heavy atom. The number of hydrogen-bond donors (Lipinski definition) is 1. The summed E-state index contributed by atoms with van der Waals surface area (Å²) in [6.45, 7) is 2.27. The molecule has 1 N–H and O–H groups in total. The number of benzene rings is 1. The summed E-state index contributed by atoms with van der Waals surface area (Å²) in [7, 11) is 1.70. The Hall–Kier alpha value is -1.39. The number of methoxy groups -OCH3 is 1. The molecule has 1 aromatic carbocycles. The van der Waals surface area contributed by atoms with Crippen molar-refractivity contribution in [3.05, 3.63) is 45.9 Å². The first-order valence-electron chi connectivity index (χ1n) is 7.13. The Kier molecular flexibility index (Phi) is 4.33. The maximum Gasteiger partial charge on any atom is 0.118 e. The van der Waals surface area contributed by atoms with Crippen LogP contribution >= 0.6 is 11.3 Å². The van der Waals surface area contributed by atoms with Gasteiger partial charge < -0.3 is 10.1 Å². The lowest BCUT2D eigenvalue weighted by molar-refractivity contribution is 0.414. The van der Waals surface area contributed by atoms with E-state index < -0.39 is 0 Å². The molecule has 20 heavy (non-hydrogen) atoms. The fourth-order valence-electron chi connectivity index (χ4n) is 2.62. The standard InChI is InChI=1S/C16H20N2OS/c1-19-14-4-2-12(3-5-14)10-16-18-11-15(20-16)13-6-8-17-9-7-13/h2-5,11,13,17H,6-10H2,1H3. The quantitative estimate of drug-likeness (QED) is 0.938. The maximum absolute atomic E-state index is 5.18. The number of ether oxygens (including phenoxy) is 1. The molecule has 0 radical (unpaired) electrons. The van der Waals surface area contributed by atoms with Crippen molar-refractivity contribution in [2.45, 2.75) is 25.2 Å². The molecule has 1 aliphatic rings. The molecular formula is C16H20N2OS. The molecule has 0 spiro atoms. The first-order valence-corrected chi connectivity index (χ1v) is 7.95. The van der Waals surface area contributed by atoms with Crippen molar-refractivity contribution in [3.63, 3.8) is 0 Å². The normalized spacial score (nSPS) is 16.2. The number of rotatable bonds is 4. The van der Waals surface area contributed by atoms with Crippen molar-refractivity contribution in [1.82, 2.24) is 10.3 Å². The van der Waals surface area contributed by atoms with Crippen LogP contribution in [0.15, 0.2) is 30.5 Å². The molecule has 2 heterocycles. The highest BCUT2D eigenvalue weighted by molar-refractivity contribution is 7.11. The molecule has 0 amide bonds. The van der Waals surface area contributed by atoms with Crippen LogP contribution in [0.2, 0.25) is 0 Å². The summed E-state index contributed by atoms with van der Waals surface area (Å²) in [6, 6.07) is 8.25. The molecular weight excluding hydrogens is 268 g/mol. The van der Waals surface area contributed by atoms with E-state index in [2.05, 4.69) is 28.6 Å². The first-order chi connectivity index (χ1) is 9.85. The molecule has 0 unspecified atom stereocenters. The van der Waals surface area contributed by atoms with E-state index in [1.165, 1.54) is 28.3 Å². The number of piperidine rings is 1. The smallest absolute Gasteiger partial charge is 0.118 e. The Labute approximate surface area is 124 Å². The number of thiazole rings is 1. The van der Waals surface area contributed by atoms with Crippen LogP contribution in [0.5, 0.6) is 5.75 Å². The Bertz CT molecular complexity index is 544. The second-order valence-electron chi connectivity index (χ2n) is 5.21. The second kappa shape index (κ2) is 6.37. The summed E-state index contributed by atoms with van der Waals surface area (Å²) in [4.78, 5) is 6.05. The van der Waals surface area contributed by atoms with Crippen molar-refractivity contribution in [2.24, 2.45) is 0 Å². The van der Waals surface area contributed by atoms with Crippen LogP contribution in [0, 0.1) is 0 Å².